The topological polar surface area (TPSA) is 53.7 Å². The van der Waals surface area contributed by atoms with E-state index in [-0.39, 0.29) is 25.6 Å². The van der Waals surface area contributed by atoms with Crippen LogP contribution in [0.3, 0.4) is 0 Å². The summed E-state index contributed by atoms with van der Waals surface area (Å²) in [5, 5.41) is 0. The van der Waals surface area contributed by atoms with Crippen molar-refractivity contribution in [3.63, 3.8) is 0 Å². The SMILES string of the molecule is Cc1cccc(CCCOc2ccc(/C=C/C3(N)COC(C)(C)OC3)cc2C(F)(F)F)c1. The molecule has 0 amide bonds. The number of nitrogens with two attached hydrogens (primary N) is 1. The zero-order valence-electron chi connectivity index (χ0n) is 18.7. The maximum absolute atomic E-state index is 13.6. The van der Waals surface area contributed by atoms with Gasteiger partial charge in [-0.3, -0.25) is 0 Å². The molecule has 1 aliphatic heterocycles. The minimum atomic E-state index is -4.53. The maximum atomic E-state index is 13.6. The van der Waals surface area contributed by atoms with E-state index < -0.39 is 23.1 Å². The van der Waals surface area contributed by atoms with Crippen LogP contribution < -0.4 is 10.5 Å². The van der Waals surface area contributed by atoms with Crippen molar-refractivity contribution in [2.24, 2.45) is 5.73 Å². The molecule has 1 saturated heterocycles. The summed E-state index contributed by atoms with van der Waals surface area (Å²) in [5.74, 6) is -0.897. The zero-order chi connectivity index (χ0) is 23.4. The molecule has 4 nitrogen and oxygen atoms in total. The van der Waals surface area contributed by atoms with Crippen LogP contribution in [-0.2, 0) is 22.1 Å². The van der Waals surface area contributed by atoms with Crippen LogP contribution in [0, 0.1) is 6.92 Å². The molecule has 0 saturated carbocycles. The quantitative estimate of drug-likeness (QED) is 0.566. The summed E-state index contributed by atoms with van der Waals surface area (Å²) in [4.78, 5) is 0. The summed E-state index contributed by atoms with van der Waals surface area (Å²) >= 11 is 0. The second kappa shape index (κ2) is 9.65. The fourth-order valence-corrected chi connectivity index (χ4v) is 3.38. The number of alkyl halides is 3. The summed E-state index contributed by atoms with van der Waals surface area (Å²) in [7, 11) is 0. The van der Waals surface area contributed by atoms with Gasteiger partial charge in [0, 0.05) is 0 Å². The molecule has 0 aliphatic carbocycles. The highest BCUT2D eigenvalue weighted by Gasteiger charge is 2.36. The van der Waals surface area contributed by atoms with Gasteiger partial charge in [0.15, 0.2) is 5.79 Å². The van der Waals surface area contributed by atoms with Crippen molar-refractivity contribution in [2.75, 3.05) is 19.8 Å². The average Bonchev–Trinajstić information content (AvgIpc) is 2.72. The predicted molar refractivity (Wildman–Crippen MR) is 118 cm³/mol. The minimum absolute atomic E-state index is 0.174. The van der Waals surface area contributed by atoms with Crippen molar-refractivity contribution in [2.45, 2.75) is 51.1 Å². The summed E-state index contributed by atoms with van der Waals surface area (Å²) < 4.78 is 57.5. The van der Waals surface area contributed by atoms with Crippen molar-refractivity contribution >= 4 is 6.08 Å². The van der Waals surface area contributed by atoms with Crippen LogP contribution in [0.15, 0.2) is 48.5 Å². The van der Waals surface area contributed by atoms with Crippen LogP contribution in [0.5, 0.6) is 5.75 Å². The fraction of sp³-hybridized carbons (Fsp3) is 0.440. The summed E-state index contributed by atoms with van der Waals surface area (Å²) in [6.07, 6.45) is 0.0109. The van der Waals surface area contributed by atoms with E-state index >= 15 is 0 Å². The molecular weight excluding hydrogens is 419 g/mol. The number of ether oxygens (including phenoxy) is 3. The third kappa shape index (κ3) is 6.82. The molecule has 0 unspecified atom stereocenters. The first-order valence-electron chi connectivity index (χ1n) is 10.6. The molecule has 0 spiro atoms. The number of rotatable bonds is 7. The van der Waals surface area contributed by atoms with Crippen LogP contribution in [0.2, 0.25) is 0 Å². The Labute approximate surface area is 187 Å². The van der Waals surface area contributed by atoms with Crippen LogP contribution >= 0.6 is 0 Å². The fourth-order valence-electron chi connectivity index (χ4n) is 3.38. The van der Waals surface area contributed by atoms with Crippen molar-refractivity contribution in [1.82, 2.24) is 0 Å². The lowest BCUT2D eigenvalue weighted by Gasteiger charge is -2.39. The van der Waals surface area contributed by atoms with Gasteiger partial charge in [0.2, 0.25) is 0 Å². The number of aryl methyl sites for hydroxylation is 2. The van der Waals surface area contributed by atoms with E-state index in [1.807, 2.05) is 25.1 Å². The molecule has 0 bridgehead atoms. The van der Waals surface area contributed by atoms with E-state index in [9.17, 15) is 13.2 Å². The van der Waals surface area contributed by atoms with Crippen LogP contribution in [0.4, 0.5) is 13.2 Å². The number of hydrogen-bond acceptors (Lipinski definition) is 4. The summed E-state index contributed by atoms with van der Waals surface area (Å²) in [6, 6.07) is 12.1. The van der Waals surface area contributed by atoms with Gasteiger partial charge in [-0.1, -0.05) is 48.0 Å². The Kier molecular flexibility index (Phi) is 7.32. The van der Waals surface area contributed by atoms with E-state index in [1.54, 1.807) is 32.1 Å². The normalized spacial score (nSPS) is 18.1. The first-order chi connectivity index (χ1) is 15.0. The van der Waals surface area contributed by atoms with Crippen molar-refractivity contribution < 1.29 is 27.4 Å². The van der Waals surface area contributed by atoms with E-state index in [4.69, 9.17) is 19.9 Å². The lowest BCUT2D eigenvalue weighted by molar-refractivity contribution is -0.260. The molecule has 32 heavy (non-hydrogen) atoms. The number of hydrogen-bond donors (Lipinski definition) is 1. The maximum Gasteiger partial charge on any atom is 0.419 e. The summed E-state index contributed by atoms with van der Waals surface area (Å²) in [5.41, 5.74) is 7.19. The lowest BCUT2D eigenvalue weighted by atomic mass is 9.99. The molecule has 2 aromatic rings. The summed E-state index contributed by atoms with van der Waals surface area (Å²) in [6.45, 7) is 6.20. The first kappa shape index (κ1) is 24.3. The van der Waals surface area contributed by atoms with Crippen LogP contribution in [0.25, 0.3) is 6.08 Å². The van der Waals surface area contributed by atoms with Crippen molar-refractivity contribution in [3.8, 4) is 5.75 Å². The molecule has 2 aromatic carbocycles. The molecule has 0 radical (unpaired) electrons. The Morgan fingerprint density at radius 3 is 2.47 bits per heavy atom. The van der Waals surface area contributed by atoms with E-state index in [0.717, 1.165) is 23.6 Å². The Morgan fingerprint density at radius 1 is 1.09 bits per heavy atom. The Morgan fingerprint density at radius 2 is 1.81 bits per heavy atom. The highest BCUT2D eigenvalue weighted by Crippen LogP contribution is 2.37. The van der Waals surface area contributed by atoms with Crippen LogP contribution in [0.1, 0.15) is 42.5 Å². The second-order valence-electron chi connectivity index (χ2n) is 8.74. The van der Waals surface area contributed by atoms with Crippen molar-refractivity contribution in [1.29, 1.82) is 0 Å². The average molecular weight is 450 g/mol. The van der Waals surface area contributed by atoms with E-state index in [1.165, 1.54) is 6.07 Å². The van der Waals surface area contributed by atoms with Crippen molar-refractivity contribution in [3.05, 3.63) is 70.8 Å². The minimum Gasteiger partial charge on any atom is -0.493 e. The van der Waals surface area contributed by atoms with Gasteiger partial charge in [-0.05, 0) is 56.9 Å². The lowest BCUT2D eigenvalue weighted by Crippen LogP contribution is -2.55. The largest absolute Gasteiger partial charge is 0.493 e. The van der Waals surface area contributed by atoms with Gasteiger partial charge in [-0.25, -0.2) is 0 Å². The molecule has 0 aromatic heterocycles. The first-order valence-corrected chi connectivity index (χ1v) is 10.6. The van der Waals surface area contributed by atoms with Gasteiger partial charge in [-0.15, -0.1) is 0 Å². The molecule has 0 atom stereocenters. The van der Waals surface area contributed by atoms with Gasteiger partial charge < -0.3 is 19.9 Å². The second-order valence-corrected chi connectivity index (χ2v) is 8.74. The molecule has 174 valence electrons. The molecule has 3 rings (SSSR count). The Hall–Kier alpha value is -2.35. The highest BCUT2D eigenvalue weighted by atomic mass is 19.4. The van der Waals surface area contributed by atoms with Gasteiger partial charge in [0.25, 0.3) is 0 Å². The van der Waals surface area contributed by atoms with Gasteiger partial charge in [0.05, 0.1) is 30.9 Å². The van der Waals surface area contributed by atoms with E-state index in [0.29, 0.717) is 12.0 Å². The standard InChI is InChI=1S/C25H30F3NO3/c1-18-6-4-7-19(14-18)8-5-13-30-22-10-9-20(15-21(22)25(26,27)28)11-12-24(29)16-31-23(2,3)32-17-24/h4,6-7,9-12,14-15H,5,8,13,16-17,29H2,1-3H3/b12-11+. The molecule has 1 heterocycles. The van der Waals surface area contributed by atoms with E-state index in [2.05, 4.69) is 6.07 Å². The Bertz CT molecular complexity index is 944. The zero-order valence-corrected chi connectivity index (χ0v) is 18.7. The molecular formula is C25H30F3NO3. The number of halogens is 3. The molecule has 1 aliphatic rings. The highest BCUT2D eigenvalue weighted by molar-refractivity contribution is 5.55. The number of benzene rings is 2. The van der Waals surface area contributed by atoms with Gasteiger partial charge in [-0.2, -0.15) is 13.2 Å². The van der Waals surface area contributed by atoms with Gasteiger partial charge in [0.1, 0.15) is 5.75 Å². The predicted octanol–water partition coefficient (Wildman–Crippen LogP) is 5.52. The Balaban J connectivity index is 1.65. The monoisotopic (exact) mass is 449 g/mol. The molecule has 1 fully saturated rings. The third-order valence-electron chi connectivity index (χ3n) is 5.24. The van der Waals surface area contributed by atoms with Gasteiger partial charge >= 0.3 is 6.18 Å². The van der Waals surface area contributed by atoms with Crippen LogP contribution in [-0.4, -0.2) is 31.1 Å². The molecule has 7 heteroatoms. The third-order valence-corrected chi connectivity index (χ3v) is 5.24. The molecule has 2 N–H and O–H groups in total. The smallest absolute Gasteiger partial charge is 0.419 e.